The smallest absolute Gasteiger partial charge is 0.281 e. The minimum atomic E-state index is -0.491. The molecule has 0 saturated heterocycles. The number of nitro benzene ring substituents is 1. The van der Waals surface area contributed by atoms with E-state index < -0.39 is 4.92 Å². The molecule has 2 aromatic rings. The molecule has 1 radical (unpaired) electrons. The largest absolute Gasteiger partial charge is 0.488 e. The average molecular weight is 228 g/mol. The number of hydrogen-bond acceptors (Lipinski definition) is 3. The highest BCUT2D eigenvalue weighted by Gasteiger charge is 2.07. The van der Waals surface area contributed by atoms with Crippen LogP contribution in [0.25, 0.3) is 0 Å². The van der Waals surface area contributed by atoms with Gasteiger partial charge in [0.15, 0.2) is 0 Å². The molecule has 0 spiro atoms. The van der Waals surface area contributed by atoms with Crippen molar-refractivity contribution in [3.8, 4) is 5.75 Å². The second-order valence-electron chi connectivity index (χ2n) is 3.43. The summed E-state index contributed by atoms with van der Waals surface area (Å²) < 4.78 is 5.42. The molecular weight excluding hydrogens is 218 g/mol. The Morgan fingerprint density at radius 1 is 1.12 bits per heavy atom. The zero-order valence-corrected chi connectivity index (χ0v) is 9.00. The molecular formula is C13H10NO3. The maximum Gasteiger partial charge on any atom is 0.281 e. The normalized spacial score (nSPS) is 9.88. The first-order valence-corrected chi connectivity index (χ1v) is 5.09. The van der Waals surface area contributed by atoms with Gasteiger partial charge in [-0.3, -0.25) is 10.1 Å². The zero-order valence-electron chi connectivity index (χ0n) is 9.00. The molecule has 0 bridgehead atoms. The van der Waals surface area contributed by atoms with Gasteiger partial charge in [-0.05, 0) is 11.6 Å². The molecule has 0 aliphatic carbocycles. The molecule has 0 saturated carbocycles. The van der Waals surface area contributed by atoms with Crippen LogP contribution in [0, 0.1) is 16.2 Å². The molecule has 0 N–H and O–H groups in total. The highest BCUT2D eigenvalue weighted by Crippen LogP contribution is 2.18. The van der Waals surface area contributed by atoms with Crippen molar-refractivity contribution in [3.63, 3.8) is 0 Å². The number of nitro groups is 1. The molecule has 0 atom stereocenters. The van der Waals surface area contributed by atoms with Crippen LogP contribution in [-0.4, -0.2) is 4.92 Å². The quantitative estimate of drug-likeness (QED) is 0.597. The third-order valence-corrected chi connectivity index (χ3v) is 2.19. The van der Waals surface area contributed by atoms with Crippen LogP contribution in [0.2, 0.25) is 0 Å². The van der Waals surface area contributed by atoms with Gasteiger partial charge in [-0.25, -0.2) is 0 Å². The molecule has 0 heterocycles. The van der Waals surface area contributed by atoms with E-state index >= 15 is 0 Å². The topological polar surface area (TPSA) is 52.4 Å². The van der Waals surface area contributed by atoms with Gasteiger partial charge in [-0.2, -0.15) is 0 Å². The van der Waals surface area contributed by atoms with E-state index in [0.29, 0.717) is 12.4 Å². The summed E-state index contributed by atoms with van der Waals surface area (Å²) in [6, 6.07) is 16.8. The van der Waals surface area contributed by atoms with E-state index in [9.17, 15) is 10.1 Å². The van der Waals surface area contributed by atoms with Crippen molar-refractivity contribution in [1.82, 2.24) is 0 Å². The lowest BCUT2D eigenvalue weighted by atomic mass is 10.2. The Balaban J connectivity index is 2.04. The minimum Gasteiger partial charge on any atom is -0.488 e. The zero-order chi connectivity index (χ0) is 12.1. The highest BCUT2D eigenvalue weighted by atomic mass is 16.6. The first kappa shape index (κ1) is 11.1. The summed E-state index contributed by atoms with van der Waals surface area (Å²) >= 11 is 0. The van der Waals surface area contributed by atoms with E-state index in [4.69, 9.17) is 4.74 Å². The molecule has 0 amide bonds. The van der Waals surface area contributed by atoms with Crippen LogP contribution in [0.4, 0.5) is 5.69 Å². The third kappa shape index (κ3) is 3.04. The third-order valence-electron chi connectivity index (χ3n) is 2.19. The molecule has 17 heavy (non-hydrogen) atoms. The number of benzene rings is 2. The second kappa shape index (κ2) is 5.12. The summed E-state index contributed by atoms with van der Waals surface area (Å²) in [6.45, 7) is 0.374. The Kier molecular flexibility index (Phi) is 3.35. The van der Waals surface area contributed by atoms with Crippen molar-refractivity contribution >= 4 is 5.69 Å². The van der Waals surface area contributed by atoms with Crippen molar-refractivity contribution < 1.29 is 9.66 Å². The van der Waals surface area contributed by atoms with E-state index in [1.807, 2.05) is 30.3 Å². The van der Waals surface area contributed by atoms with Crippen molar-refractivity contribution in [2.24, 2.45) is 0 Å². The van der Waals surface area contributed by atoms with Gasteiger partial charge < -0.3 is 4.74 Å². The van der Waals surface area contributed by atoms with E-state index in [0.717, 1.165) is 5.56 Å². The Hall–Kier alpha value is -2.36. The highest BCUT2D eigenvalue weighted by molar-refractivity contribution is 5.36. The summed E-state index contributed by atoms with van der Waals surface area (Å²) in [4.78, 5) is 10.1. The molecule has 0 fully saturated rings. The fraction of sp³-hybridized carbons (Fsp3) is 0.0769. The fourth-order valence-electron chi connectivity index (χ4n) is 1.36. The van der Waals surface area contributed by atoms with Gasteiger partial charge in [0.05, 0.1) is 4.92 Å². The fourth-order valence-corrected chi connectivity index (χ4v) is 1.36. The minimum absolute atomic E-state index is 0.0874. The molecule has 2 rings (SSSR count). The molecule has 2 aromatic carbocycles. The Labute approximate surface area is 98.6 Å². The molecule has 85 valence electrons. The summed E-state index contributed by atoms with van der Waals surface area (Å²) in [7, 11) is 0. The molecule has 0 unspecified atom stereocenters. The number of ether oxygens (including phenoxy) is 1. The van der Waals surface area contributed by atoms with Crippen molar-refractivity contribution in [2.45, 2.75) is 6.61 Å². The van der Waals surface area contributed by atoms with E-state index in [2.05, 4.69) is 6.07 Å². The molecule has 4 nitrogen and oxygen atoms in total. The van der Waals surface area contributed by atoms with Crippen LogP contribution in [0.15, 0.2) is 48.5 Å². The summed E-state index contributed by atoms with van der Waals surface area (Å²) in [5, 5.41) is 10.5. The molecule has 0 aliphatic rings. The van der Waals surface area contributed by atoms with Crippen LogP contribution in [0.1, 0.15) is 5.56 Å². The summed E-state index contributed by atoms with van der Waals surface area (Å²) in [5.41, 5.74) is 0.919. The van der Waals surface area contributed by atoms with Crippen molar-refractivity contribution in [3.05, 3.63) is 70.3 Å². The first-order chi connectivity index (χ1) is 8.25. The predicted octanol–water partition coefficient (Wildman–Crippen LogP) is 2.97. The first-order valence-electron chi connectivity index (χ1n) is 5.09. The van der Waals surface area contributed by atoms with E-state index in [1.165, 1.54) is 6.07 Å². The number of rotatable bonds is 4. The van der Waals surface area contributed by atoms with Gasteiger partial charge in [-0.1, -0.05) is 36.4 Å². The van der Waals surface area contributed by atoms with Crippen LogP contribution >= 0.6 is 0 Å². The Morgan fingerprint density at radius 3 is 2.59 bits per heavy atom. The SMILES string of the molecule is O=[N+]([O-])c1[c]c(OCc2ccccc2)ccc1. The van der Waals surface area contributed by atoms with Gasteiger partial charge in [-0.15, -0.1) is 0 Å². The lowest BCUT2D eigenvalue weighted by molar-refractivity contribution is -0.385. The van der Waals surface area contributed by atoms with Gasteiger partial charge in [0.1, 0.15) is 18.4 Å². The summed E-state index contributed by atoms with van der Waals surface area (Å²) in [6.07, 6.45) is 0. The van der Waals surface area contributed by atoms with Gasteiger partial charge in [0.25, 0.3) is 5.69 Å². The van der Waals surface area contributed by atoms with Gasteiger partial charge in [0, 0.05) is 6.07 Å². The number of hydrogen-bond donors (Lipinski definition) is 0. The van der Waals surface area contributed by atoms with E-state index in [-0.39, 0.29) is 5.69 Å². The maximum absolute atomic E-state index is 10.5. The van der Waals surface area contributed by atoms with Crippen molar-refractivity contribution in [1.29, 1.82) is 0 Å². The molecule has 0 aromatic heterocycles. The number of non-ortho nitro benzene ring substituents is 1. The van der Waals surface area contributed by atoms with Crippen LogP contribution < -0.4 is 4.74 Å². The van der Waals surface area contributed by atoms with Gasteiger partial charge in [0.2, 0.25) is 0 Å². The maximum atomic E-state index is 10.5. The van der Waals surface area contributed by atoms with Gasteiger partial charge >= 0.3 is 0 Å². The molecule has 0 aliphatic heterocycles. The lowest BCUT2D eigenvalue weighted by Gasteiger charge is -2.05. The average Bonchev–Trinajstić information content (AvgIpc) is 2.38. The van der Waals surface area contributed by atoms with Crippen LogP contribution in [-0.2, 0) is 6.61 Å². The van der Waals surface area contributed by atoms with Crippen LogP contribution in [0.5, 0.6) is 5.75 Å². The van der Waals surface area contributed by atoms with Crippen LogP contribution in [0.3, 0.4) is 0 Å². The second-order valence-corrected chi connectivity index (χ2v) is 3.43. The Morgan fingerprint density at radius 2 is 1.88 bits per heavy atom. The monoisotopic (exact) mass is 228 g/mol. The molecule has 4 heteroatoms. The van der Waals surface area contributed by atoms with Crippen molar-refractivity contribution in [2.75, 3.05) is 0 Å². The Bertz CT molecular complexity index is 511. The number of nitrogens with zero attached hydrogens (tertiary/aromatic N) is 1. The van der Waals surface area contributed by atoms with E-state index in [1.54, 1.807) is 12.1 Å². The summed E-state index contributed by atoms with van der Waals surface area (Å²) in [5.74, 6) is 0.378. The standard InChI is InChI=1S/C13H10NO3/c15-14(16)12-7-4-8-13(9-12)17-10-11-5-2-1-3-6-11/h1-8H,10H2. The predicted molar refractivity (Wildman–Crippen MR) is 62.7 cm³/mol. The lowest BCUT2D eigenvalue weighted by Crippen LogP contribution is -1.96.